The SMILES string of the molecule is CNC(C)c1ccccc1-c1cc(F)cc(F)c1. The van der Waals surface area contributed by atoms with E-state index in [2.05, 4.69) is 5.32 Å². The second-order valence-corrected chi connectivity index (χ2v) is 4.26. The van der Waals surface area contributed by atoms with Crippen molar-refractivity contribution in [2.24, 2.45) is 0 Å². The summed E-state index contributed by atoms with van der Waals surface area (Å²) in [5.74, 6) is -1.12. The summed E-state index contributed by atoms with van der Waals surface area (Å²) in [6.07, 6.45) is 0. The van der Waals surface area contributed by atoms with Gasteiger partial charge in [0.2, 0.25) is 0 Å². The third-order valence-electron chi connectivity index (χ3n) is 3.03. The minimum absolute atomic E-state index is 0.118. The Morgan fingerprint density at radius 2 is 1.61 bits per heavy atom. The van der Waals surface area contributed by atoms with Gasteiger partial charge in [0, 0.05) is 12.1 Å². The summed E-state index contributed by atoms with van der Waals surface area (Å²) >= 11 is 0. The van der Waals surface area contributed by atoms with Crippen LogP contribution in [0.5, 0.6) is 0 Å². The highest BCUT2D eigenvalue weighted by Gasteiger charge is 2.11. The van der Waals surface area contributed by atoms with Crippen LogP contribution in [0.1, 0.15) is 18.5 Å². The van der Waals surface area contributed by atoms with Crippen molar-refractivity contribution in [2.75, 3.05) is 7.05 Å². The van der Waals surface area contributed by atoms with Gasteiger partial charge in [0.05, 0.1) is 0 Å². The zero-order valence-corrected chi connectivity index (χ0v) is 10.4. The maximum Gasteiger partial charge on any atom is 0.126 e. The highest BCUT2D eigenvalue weighted by atomic mass is 19.1. The summed E-state index contributed by atoms with van der Waals surface area (Å²) in [6, 6.07) is 11.3. The van der Waals surface area contributed by atoms with Gasteiger partial charge in [0.15, 0.2) is 0 Å². The van der Waals surface area contributed by atoms with E-state index in [1.165, 1.54) is 12.1 Å². The fourth-order valence-corrected chi connectivity index (χ4v) is 2.00. The van der Waals surface area contributed by atoms with E-state index in [0.29, 0.717) is 5.56 Å². The lowest BCUT2D eigenvalue weighted by molar-refractivity contribution is 0.584. The molecule has 0 heterocycles. The van der Waals surface area contributed by atoms with E-state index in [1.807, 2.05) is 38.2 Å². The number of nitrogens with one attached hydrogen (secondary N) is 1. The summed E-state index contributed by atoms with van der Waals surface area (Å²) in [4.78, 5) is 0. The Bertz CT molecular complexity index is 532. The molecule has 3 heteroatoms. The van der Waals surface area contributed by atoms with Gasteiger partial charge >= 0.3 is 0 Å². The van der Waals surface area contributed by atoms with Crippen molar-refractivity contribution in [3.63, 3.8) is 0 Å². The average Bonchev–Trinajstić information content (AvgIpc) is 2.36. The molecule has 18 heavy (non-hydrogen) atoms. The van der Waals surface area contributed by atoms with Crippen LogP contribution in [-0.4, -0.2) is 7.05 Å². The predicted molar refractivity (Wildman–Crippen MR) is 69.3 cm³/mol. The van der Waals surface area contributed by atoms with Crippen LogP contribution in [-0.2, 0) is 0 Å². The first-order chi connectivity index (χ1) is 8.61. The Morgan fingerprint density at radius 1 is 1.00 bits per heavy atom. The van der Waals surface area contributed by atoms with E-state index in [1.54, 1.807) is 0 Å². The molecule has 0 spiro atoms. The van der Waals surface area contributed by atoms with E-state index >= 15 is 0 Å². The van der Waals surface area contributed by atoms with Gasteiger partial charge < -0.3 is 5.32 Å². The molecule has 0 fully saturated rings. The molecule has 0 aromatic heterocycles. The molecule has 1 N–H and O–H groups in total. The first-order valence-electron chi connectivity index (χ1n) is 5.84. The average molecular weight is 247 g/mol. The van der Waals surface area contributed by atoms with Gasteiger partial charge in [-0.05, 0) is 42.8 Å². The van der Waals surface area contributed by atoms with Gasteiger partial charge in [-0.2, -0.15) is 0 Å². The lowest BCUT2D eigenvalue weighted by Gasteiger charge is -2.16. The molecular weight excluding hydrogens is 232 g/mol. The molecular formula is C15H15F2N. The van der Waals surface area contributed by atoms with Crippen molar-refractivity contribution in [2.45, 2.75) is 13.0 Å². The Hall–Kier alpha value is -1.74. The van der Waals surface area contributed by atoms with Crippen LogP contribution in [0.4, 0.5) is 8.78 Å². The zero-order valence-electron chi connectivity index (χ0n) is 10.4. The fraction of sp³-hybridized carbons (Fsp3) is 0.200. The topological polar surface area (TPSA) is 12.0 Å². The number of hydrogen-bond acceptors (Lipinski definition) is 1. The summed E-state index contributed by atoms with van der Waals surface area (Å²) in [5.41, 5.74) is 2.42. The number of hydrogen-bond donors (Lipinski definition) is 1. The minimum atomic E-state index is -0.558. The lowest BCUT2D eigenvalue weighted by Crippen LogP contribution is -2.13. The van der Waals surface area contributed by atoms with E-state index in [9.17, 15) is 8.78 Å². The summed E-state index contributed by atoms with van der Waals surface area (Å²) < 4.78 is 26.5. The molecule has 2 rings (SSSR count). The Morgan fingerprint density at radius 3 is 2.22 bits per heavy atom. The third kappa shape index (κ3) is 2.57. The third-order valence-corrected chi connectivity index (χ3v) is 3.03. The smallest absolute Gasteiger partial charge is 0.126 e. The number of benzene rings is 2. The molecule has 0 bridgehead atoms. The van der Waals surface area contributed by atoms with Crippen LogP contribution in [0.3, 0.4) is 0 Å². The molecule has 0 saturated carbocycles. The molecule has 0 radical (unpaired) electrons. The van der Waals surface area contributed by atoms with Gasteiger partial charge in [-0.25, -0.2) is 8.78 Å². The quantitative estimate of drug-likeness (QED) is 0.867. The first-order valence-corrected chi connectivity index (χ1v) is 5.84. The highest BCUT2D eigenvalue weighted by Crippen LogP contribution is 2.29. The second-order valence-electron chi connectivity index (χ2n) is 4.26. The van der Waals surface area contributed by atoms with E-state index < -0.39 is 11.6 Å². The van der Waals surface area contributed by atoms with E-state index in [4.69, 9.17) is 0 Å². The van der Waals surface area contributed by atoms with Crippen LogP contribution in [0.2, 0.25) is 0 Å². The van der Waals surface area contributed by atoms with E-state index in [-0.39, 0.29) is 6.04 Å². The zero-order chi connectivity index (χ0) is 13.1. The number of halogens is 2. The van der Waals surface area contributed by atoms with Crippen LogP contribution < -0.4 is 5.32 Å². The van der Waals surface area contributed by atoms with Crippen LogP contribution in [0.25, 0.3) is 11.1 Å². The Balaban J connectivity index is 2.56. The van der Waals surface area contributed by atoms with Crippen molar-refractivity contribution in [1.82, 2.24) is 5.32 Å². The van der Waals surface area contributed by atoms with Gasteiger partial charge in [-0.1, -0.05) is 24.3 Å². The van der Waals surface area contributed by atoms with Gasteiger partial charge in [-0.3, -0.25) is 0 Å². The molecule has 0 amide bonds. The van der Waals surface area contributed by atoms with Crippen LogP contribution in [0.15, 0.2) is 42.5 Å². The highest BCUT2D eigenvalue weighted by molar-refractivity contribution is 5.68. The summed E-state index contributed by atoms with van der Waals surface area (Å²) in [7, 11) is 1.85. The fourth-order valence-electron chi connectivity index (χ4n) is 2.00. The molecule has 0 saturated heterocycles. The monoisotopic (exact) mass is 247 g/mol. The molecule has 1 nitrogen and oxygen atoms in total. The largest absolute Gasteiger partial charge is 0.313 e. The maximum absolute atomic E-state index is 13.3. The Labute approximate surface area is 105 Å². The van der Waals surface area contributed by atoms with E-state index in [0.717, 1.165) is 17.2 Å². The number of rotatable bonds is 3. The normalized spacial score (nSPS) is 12.4. The van der Waals surface area contributed by atoms with Crippen LogP contribution >= 0.6 is 0 Å². The minimum Gasteiger partial charge on any atom is -0.313 e. The molecule has 2 aromatic carbocycles. The second kappa shape index (κ2) is 5.27. The van der Waals surface area contributed by atoms with Crippen molar-refractivity contribution in [1.29, 1.82) is 0 Å². The standard InChI is InChI=1S/C15H15F2N/c1-10(18-2)14-5-3-4-6-15(14)11-7-12(16)9-13(17)8-11/h3-10,18H,1-2H3. The maximum atomic E-state index is 13.3. The Kier molecular flexibility index (Phi) is 3.72. The molecule has 1 unspecified atom stereocenters. The lowest BCUT2D eigenvalue weighted by atomic mass is 9.95. The summed E-state index contributed by atoms with van der Waals surface area (Å²) in [6.45, 7) is 2.01. The molecule has 94 valence electrons. The van der Waals surface area contributed by atoms with Crippen molar-refractivity contribution in [3.8, 4) is 11.1 Å². The summed E-state index contributed by atoms with van der Waals surface area (Å²) in [5, 5.41) is 3.13. The van der Waals surface area contributed by atoms with Gasteiger partial charge in [0.25, 0.3) is 0 Å². The molecule has 0 aliphatic heterocycles. The van der Waals surface area contributed by atoms with Gasteiger partial charge in [-0.15, -0.1) is 0 Å². The van der Waals surface area contributed by atoms with Crippen molar-refractivity contribution < 1.29 is 8.78 Å². The molecule has 0 aliphatic carbocycles. The first kappa shape index (κ1) is 12.7. The molecule has 2 aromatic rings. The predicted octanol–water partition coefficient (Wildman–Crippen LogP) is 3.91. The molecule has 0 aliphatic rings. The van der Waals surface area contributed by atoms with Crippen molar-refractivity contribution >= 4 is 0 Å². The van der Waals surface area contributed by atoms with Gasteiger partial charge in [0.1, 0.15) is 11.6 Å². The molecule has 1 atom stereocenters. The van der Waals surface area contributed by atoms with Crippen molar-refractivity contribution in [3.05, 3.63) is 59.7 Å². The van der Waals surface area contributed by atoms with Crippen LogP contribution in [0, 0.1) is 11.6 Å².